The van der Waals surface area contributed by atoms with Crippen LogP contribution in [0.15, 0.2) is 59.7 Å². The van der Waals surface area contributed by atoms with E-state index in [4.69, 9.17) is 11.6 Å². The number of carbonyl (C=O) groups excluding carboxylic acids is 2. The van der Waals surface area contributed by atoms with Gasteiger partial charge in [0.05, 0.1) is 17.2 Å². The van der Waals surface area contributed by atoms with E-state index < -0.39 is 5.91 Å². The Labute approximate surface area is 160 Å². The smallest absolute Gasteiger partial charge is 0.269 e. The lowest BCUT2D eigenvalue weighted by Crippen LogP contribution is -2.41. The second kappa shape index (κ2) is 8.46. The summed E-state index contributed by atoms with van der Waals surface area (Å²) in [6.45, 7) is 0.353. The van der Waals surface area contributed by atoms with Crippen LogP contribution < -0.4 is 16.4 Å². The molecule has 1 heterocycles. The first-order valence-corrected chi connectivity index (χ1v) is 8.71. The lowest BCUT2D eigenvalue weighted by molar-refractivity contribution is -0.122. The average molecular weight is 385 g/mol. The van der Waals surface area contributed by atoms with Gasteiger partial charge in [-0.05, 0) is 36.8 Å². The molecule has 0 unspecified atom stereocenters. The highest BCUT2D eigenvalue weighted by atomic mass is 35.5. The van der Waals surface area contributed by atoms with Gasteiger partial charge >= 0.3 is 0 Å². The van der Waals surface area contributed by atoms with E-state index in [1.807, 2.05) is 6.07 Å². The lowest BCUT2D eigenvalue weighted by Gasteiger charge is -2.09. The third-order valence-electron chi connectivity index (χ3n) is 3.94. The Balaban J connectivity index is 1.49. The van der Waals surface area contributed by atoms with E-state index in [1.165, 1.54) is 17.0 Å². The van der Waals surface area contributed by atoms with Crippen molar-refractivity contribution in [3.63, 3.8) is 0 Å². The van der Waals surface area contributed by atoms with E-state index in [0.717, 1.165) is 0 Å². The fourth-order valence-corrected chi connectivity index (χ4v) is 2.76. The number of aryl methyl sites for hydroxylation is 1. The highest BCUT2D eigenvalue weighted by molar-refractivity contribution is 6.30. The van der Waals surface area contributed by atoms with Crippen LogP contribution in [0.25, 0.3) is 10.9 Å². The van der Waals surface area contributed by atoms with Gasteiger partial charge in [-0.1, -0.05) is 29.8 Å². The zero-order chi connectivity index (χ0) is 19.2. The van der Waals surface area contributed by atoms with Crippen LogP contribution in [0.5, 0.6) is 0 Å². The molecule has 27 heavy (non-hydrogen) atoms. The maximum Gasteiger partial charge on any atom is 0.269 e. The molecule has 138 valence electrons. The molecule has 7 nitrogen and oxygen atoms in total. The van der Waals surface area contributed by atoms with E-state index in [9.17, 15) is 14.4 Å². The number of fused-ring (bicyclic) bond motifs is 1. The molecule has 2 aromatic carbocycles. The maximum atomic E-state index is 12.4. The molecule has 0 atom stereocenters. The summed E-state index contributed by atoms with van der Waals surface area (Å²) in [5.74, 6) is -0.812. The van der Waals surface area contributed by atoms with Gasteiger partial charge in [0.15, 0.2) is 0 Å². The van der Waals surface area contributed by atoms with Crippen LogP contribution >= 0.6 is 11.6 Å². The third-order valence-corrected chi connectivity index (χ3v) is 4.17. The Morgan fingerprint density at radius 3 is 2.70 bits per heavy atom. The topological polar surface area (TPSA) is 93.1 Å². The summed E-state index contributed by atoms with van der Waals surface area (Å²) in [4.78, 5) is 40.4. The van der Waals surface area contributed by atoms with Crippen molar-refractivity contribution >= 4 is 34.3 Å². The summed E-state index contributed by atoms with van der Waals surface area (Å²) in [5.41, 5.74) is 5.52. The van der Waals surface area contributed by atoms with Crippen LogP contribution in [-0.4, -0.2) is 21.4 Å². The van der Waals surface area contributed by atoms with E-state index in [2.05, 4.69) is 15.8 Å². The molecule has 0 bridgehead atoms. The molecule has 1 aromatic heterocycles. The minimum atomic E-state index is -0.458. The summed E-state index contributed by atoms with van der Waals surface area (Å²) >= 11 is 5.83. The van der Waals surface area contributed by atoms with Gasteiger partial charge in [0, 0.05) is 23.6 Å². The number of amides is 2. The van der Waals surface area contributed by atoms with Crippen LogP contribution in [0.2, 0.25) is 5.02 Å². The van der Waals surface area contributed by atoms with Crippen LogP contribution in [0, 0.1) is 0 Å². The highest BCUT2D eigenvalue weighted by Crippen LogP contribution is 2.10. The van der Waals surface area contributed by atoms with Crippen molar-refractivity contribution in [2.45, 2.75) is 19.4 Å². The number of benzene rings is 2. The van der Waals surface area contributed by atoms with Crippen molar-refractivity contribution in [3.05, 3.63) is 75.8 Å². The number of carbonyl (C=O) groups is 2. The molecule has 0 saturated carbocycles. The molecule has 0 radical (unpaired) electrons. The number of rotatable bonds is 5. The molecule has 2 N–H and O–H groups in total. The highest BCUT2D eigenvalue weighted by Gasteiger charge is 2.08. The maximum absolute atomic E-state index is 12.4. The number of hydrazine groups is 1. The van der Waals surface area contributed by atoms with Crippen molar-refractivity contribution in [2.24, 2.45) is 0 Å². The molecule has 0 aliphatic carbocycles. The molecule has 8 heteroatoms. The summed E-state index contributed by atoms with van der Waals surface area (Å²) < 4.78 is 1.47. The molecule has 2 amide bonds. The molecular weight excluding hydrogens is 368 g/mol. The standard InChI is InChI=1S/C19H17ClN4O3/c20-14-6-3-5-13(11-14)18(26)23-22-17(25)9-4-10-24-12-21-16-8-2-1-7-15(16)19(24)27/h1-3,5-8,11-12H,4,9-10H2,(H,22,25)(H,23,26). The lowest BCUT2D eigenvalue weighted by atomic mass is 10.2. The summed E-state index contributed by atoms with van der Waals surface area (Å²) in [7, 11) is 0. The average Bonchev–Trinajstić information content (AvgIpc) is 2.68. The van der Waals surface area contributed by atoms with Crippen molar-refractivity contribution < 1.29 is 9.59 Å². The van der Waals surface area contributed by atoms with Gasteiger partial charge in [0.2, 0.25) is 5.91 Å². The second-order valence-electron chi connectivity index (χ2n) is 5.88. The van der Waals surface area contributed by atoms with Gasteiger partial charge in [-0.3, -0.25) is 29.8 Å². The predicted octanol–water partition coefficient (Wildman–Crippen LogP) is 2.29. The Bertz CT molecular complexity index is 1050. The van der Waals surface area contributed by atoms with Gasteiger partial charge in [-0.2, -0.15) is 0 Å². The first kappa shape index (κ1) is 18.6. The van der Waals surface area contributed by atoms with Crippen molar-refractivity contribution in [3.8, 4) is 0 Å². The molecule has 0 fully saturated rings. The van der Waals surface area contributed by atoms with Gasteiger partial charge in [-0.25, -0.2) is 4.98 Å². The number of hydrogen-bond acceptors (Lipinski definition) is 4. The fourth-order valence-electron chi connectivity index (χ4n) is 2.57. The van der Waals surface area contributed by atoms with Crippen LogP contribution in [0.3, 0.4) is 0 Å². The van der Waals surface area contributed by atoms with Crippen LogP contribution in [0.1, 0.15) is 23.2 Å². The van der Waals surface area contributed by atoms with Crippen molar-refractivity contribution in [2.75, 3.05) is 0 Å². The third kappa shape index (κ3) is 4.71. The van der Waals surface area contributed by atoms with Crippen molar-refractivity contribution in [1.82, 2.24) is 20.4 Å². The molecule has 3 rings (SSSR count). The number of para-hydroxylation sites is 1. The van der Waals surface area contributed by atoms with E-state index in [0.29, 0.717) is 34.5 Å². The SMILES string of the molecule is O=C(CCCn1cnc2ccccc2c1=O)NNC(=O)c1cccc(Cl)c1. The number of nitrogens with one attached hydrogen (secondary N) is 2. The summed E-state index contributed by atoms with van der Waals surface area (Å²) in [6, 6.07) is 13.5. The zero-order valence-corrected chi connectivity index (χ0v) is 15.1. The fraction of sp³-hybridized carbons (Fsp3) is 0.158. The number of aromatic nitrogens is 2. The number of hydrogen-bond donors (Lipinski definition) is 2. The Kier molecular flexibility index (Phi) is 5.83. The molecular formula is C19H17ClN4O3. The zero-order valence-electron chi connectivity index (χ0n) is 14.3. The largest absolute Gasteiger partial charge is 0.299 e. The van der Waals surface area contributed by atoms with E-state index in [1.54, 1.807) is 36.4 Å². The van der Waals surface area contributed by atoms with E-state index in [-0.39, 0.29) is 17.9 Å². The molecule has 0 aliphatic rings. The van der Waals surface area contributed by atoms with Crippen LogP contribution in [-0.2, 0) is 11.3 Å². The molecule has 3 aromatic rings. The number of nitrogens with zero attached hydrogens (tertiary/aromatic N) is 2. The monoisotopic (exact) mass is 384 g/mol. The Morgan fingerprint density at radius 1 is 1.07 bits per heavy atom. The Hall–Kier alpha value is -3.19. The van der Waals surface area contributed by atoms with Gasteiger partial charge in [0.25, 0.3) is 11.5 Å². The summed E-state index contributed by atoms with van der Waals surface area (Å²) in [5, 5.41) is 0.974. The minimum absolute atomic E-state index is 0.143. The van der Waals surface area contributed by atoms with Crippen LogP contribution in [0.4, 0.5) is 0 Å². The normalized spacial score (nSPS) is 10.6. The number of halogens is 1. The second-order valence-corrected chi connectivity index (χ2v) is 6.31. The quantitative estimate of drug-likeness (QED) is 0.660. The summed E-state index contributed by atoms with van der Waals surface area (Å²) in [6.07, 6.45) is 2.05. The molecule has 0 spiro atoms. The van der Waals surface area contributed by atoms with E-state index >= 15 is 0 Å². The first-order valence-electron chi connectivity index (χ1n) is 8.33. The predicted molar refractivity (Wildman–Crippen MR) is 102 cm³/mol. The molecule has 0 saturated heterocycles. The molecule has 0 aliphatic heterocycles. The Morgan fingerprint density at radius 2 is 1.89 bits per heavy atom. The van der Waals surface area contributed by atoms with Gasteiger partial charge in [-0.15, -0.1) is 0 Å². The van der Waals surface area contributed by atoms with Gasteiger partial charge < -0.3 is 0 Å². The van der Waals surface area contributed by atoms with Gasteiger partial charge in [0.1, 0.15) is 0 Å². The first-order chi connectivity index (χ1) is 13.0. The van der Waals surface area contributed by atoms with Crippen molar-refractivity contribution in [1.29, 1.82) is 0 Å². The minimum Gasteiger partial charge on any atom is -0.299 e.